The summed E-state index contributed by atoms with van der Waals surface area (Å²) in [6.07, 6.45) is 3.70. The smallest absolute Gasteiger partial charge is 0.239 e. The molecule has 7 rings (SSSR count). The molecule has 2 bridgehead atoms. The molecule has 2 aromatic carbocycles. The minimum absolute atomic E-state index is 0.0648. The highest BCUT2D eigenvalue weighted by atomic mass is 32.1. The van der Waals surface area contributed by atoms with E-state index in [9.17, 15) is 19.6 Å². The van der Waals surface area contributed by atoms with Gasteiger partial charge in [0.2, 0.25) is 11.8 Å². The largest absolute Gasteiger partial charge is 0.298 e. The number of ketones is 1. The molecular formula is C32H26N2O3S. The molecule has 2 heterocycles. The highest BCUT2D eigenvalue weighted by Gasteiger charge is 2.79. The van der Waals surface area contributed by atoms with Crippen molar-refractivity contribution >= 4 is 45.1 Å². The summed E-state index contributed by atoms with van der Waals surface area (Å²) in [7, 11) is 0. The van der Waals surface area contributed by atoms with Gasteiger partial charge in [-0.1, -0.05) is 60.7 Å². The van der Waals surface area contributed by atoms with Crippen LogP contribution in [0, 0.1) is 34.0 Å². The number of hydrogen-bond acceptors (Lipinski definition) is 5. The maximum absolute atomic E-state index is 14.4. The molecule has 2 fully saturated rings. The van der Waals surface area contributed by atoms with E-state index in [1.54, 1.807) is 0 Å². The van der Waals surface area contributed by atoms with E-state index < -0.39 is 22.7 Å². The Hall–Kier alpha value is -3.82. The molecule has 1 aliphatic heterocycles. The van der Waals surface area contributed by atoms with E-state index in [-0.39, 0.29) is 17.6 Å². The van der Waals surface area contributed by atoms with Crippen molar-refractivity contribution in [2.75, 3.05) is 4.90 Å². The van der Waals surface area contributed by atoms with Gasteiger partial charge in [0.15, 0.2) is 5.78 Å². The van der Waals surface area contributed by atoms with Crippen molar-refractivity contribution in [3.05, 3.63) is 87.8 Å². The Morgan fingerprint density at radius 2 is 1.32 bits per heavy atom. The number of nitriles is 1. The van der Waals surface area contributed by atoms with Crippen molar-refractivity contribution in [1.82, 2.24) is 0 Å². The molecule has 4 atom stereocenters. The van der Waals surface area contributed by atoms with E-state index in [1.807, 2.05) is 74.5 Å². The molecule has 0 N–H and O–H groups in total. The molecular weight excluding hydrogens is 492 g/mol. The number of amides is 2. The van der Waals surface area contributed by atoms with Crippen molar-refractivity contribution in [2.24, 2.45) is 22.7 Å². The molecule has 3 aliphatic carbocycles. The Kier molecular flexibility index (Phi) is 4.81. The number of nitrogens with zero attached hydrogens (tertiary/aromatic N) is 2. The third kappa shape index (κ3) is 2.62. The Morgan fingerprint density at radius 3 is 1.82 bits per heavy atom. The van der Waals surface area contributed by atoms with Gasteiger partial charge in [-0.15, -0.1) is 11.3 Å². The fourth-order valence-corrected chi connectivity index (χ4v) is 9.18. The lowest BCUT2D eigenvalue weighted by atomic mass is 9.63. The molecule has 1 saturated heterocycles. The van der Waals surface area contributed by atoms with Gasteiger partial charge in [0.1, 0.15) is 11.1 Å². The first-order valence-electron chi connectivity index (χ1n) is 13.2. The predicted molar refractivity (Wildman–Crippen MR) is 146 cm³/mol. The van der Waals surface area contributed by atoms with Gasteiger partial charge in [0.05, 0.1) is 28.2 Å². The number of fused-ring (bicyclic) bond motifs is 6. The van der Waals surface area contributed by atoms with Gasteiger partial charge >= 0.3 is 0 Å². The van der Waals surface area contributed by atoms with Crippen molar-refractivity contribution in [2.45, 2.75) is 39.5 Å². The molecule has 5 nitrogen and oxygen atoms in total. The summed E-state index contributed by atoms with van der Waals surface area (Å²) < 4.78 is 0. The van der Waals surface area contributed by atoms with E-state index in [4.69, 9.17) is 0 Å². The van der Waals surface area contributed by atoms with E-state index in [1.165, 1.54) is 16.2 Å². The maximum atomic E-state index is 14.4. The van der Waals surface area contributed by atoms with E-state index in [2.05, 4.69) is 6.07 Å². The summed E-state index contributed by atoms with van der Waals surface area (Å²) in [5.74, 6) is -2.38. The van der Waals surface area contributed by atoms with Crippen molar-refractivity contribution < 1.29 is 14.4 Å². The zero-order valence-corrected chi connectivity index (χ0v) is 22.1. The molecule has 1 saturated carbocycles. The standard InChI is InChI=1S/C32H26N2O3S/c1-31-23(18-11-5-3-6-12-18)24(19-13-7-4-8-14-19)32(2,30(31)37)26-25(31)27(35)34(28(26)36)29-21(17-33)20-15-9-10-16-22(20)38-29/h3-8,11-14,25-26H,9-10,15-16H2,1-2H3/t25-,26+,31-,32+. The number of hydrogen-bond donors (Lipinski definition) is 0. The van der Waals surface area contributed by atoms with Gasteiger partial charge < -0.3 is 0 Å². The van der Waals surface area contributed by atoms with Crippen LogP contribution in [0.2, 0.25) is 0 Å². The monoisotopic (exact) mass is 518 g/mol. The average Bonchev–Trinajstić information content (AvgIpc) is 3.55. The fraction of sp³-hybridized carbons (Fsp3) is 0.312. The Bertz CT molecular complexity index is 1550. The van der Waals surface area contributed by atoms with Gasteiger partial charge in [0.25, 0.3) is 0 Å². The number of rotatable bonds is 3. The van der Waals surface area contributed by atoms with E-state index in [0.717, 1.165) is 58.4 Å². The molecule has 0 spiro atoms. The number of allylic oxidation sites excluding steroid dienone is 2. The lowest BCUT2D eigenvalue weighted by molar-refractivity contribution is -0.133. The summed E-state index contributed by atoms with van der Waals surface area (Å²) in [5, 5.41) is 10.5. The second kappa shape index (κ2) is 7.85. The van der Waals surface area contributed by atoms with Crippen LogP contribution < -0.4 is 4.90 Å². The minimum Gasteiger partial charge on any atom is -0.298 e. The van der Waals surface area contributed by atoms with Crippen molar-refractivity contribution in [1.29, 1.82) is 5.26 Å². The maximum Gasteiger partial charge on any atom is 0.239 e. The summed E-state index contributed by atoms with van der Waals surface area (Å²) in [4.78, 5) is 45.4. The number of aryl methyl sites for hydroxylation is 1. The number of imide groups is 1. The average molecular weight is 519 g/mol. The lowest BCUT2D eigenvalue weighted by Crippen LogP contribution is -2.40. The van der Waals surface area contributed by atoms with Crippen LogP contribution in [-0.4, -0.2) is 17.6 Å². The Labute approximate surface area is 225 Å². The van der Waals surface area contributed by atoms with Gasteiger partial charge in [-0.2, -0.15) is 5.26 Å². The zero-order valence-electron chi connectivity index (χ0n) is 21.3. The summed E-state index contributed by atoms with van der Waals surface area (Å²) >= 11 is 1.41. The van der Waals surface area contributed by atoms with Gasteiger partial charge in [-0.05, 0) is 67.4 Å². The van der Waals surface area contributed by atoms with Crippen LogP contribution >= 0.6 is 11.3 Å². The van der Waals surface area contributed by atoms with Gasteiger partial charge in [-0.25, -0.2) is 4.90 Å². The first kappa shape index (κ1) is 23.3. The molecule has 38 heavy (non-hydrogen) atoms. The third-order valence-electron chi connectivity index (χ3n) is 9.37. The third-order valence-corrected chi connectivity index (χ3v) is 10.7. The molecule has 0 radical (unpaired) electrons. The van der Waals surface area contributed by atoms with Crippen LogP contribution in [0.1, 0.15) is 53.8 Å². The summed E-state index contributed by atoms with van der Waals surface area (Å²) in [6, 6.07) is 21.9. The number of carbonyl (C=O) groups is 3. The quantitative estimate of drug-likeness (QED) is 0.409. The predicted octanol–water partition coefficient (Wildman–Crippen LogP) is 5.82. The second-order valence-electron chi connectivity index (χ2n) is 11.2. The molecule has 2 amide bonds. The van der Waals surface area contributed by atoms with Crippen LogP contribution in [0.15, 0.2) is 60.7 Å². The van der Waals surface area contributed by atoms with Crippen molar-refractivity contribution in [3.8, 4) is 6.07 Å². The van der Waals surface area contributed by atoms with Crippen LogP contribution in [0.4, 0.5) is 5.00 Å². The first-order valence-corrected chi connectivity index (χ1v) is 14.0. The molecule has 0 unspecified atom stereocenters. The summed E-state index contributed by atoms with van der Waals surface area (Å²) in [6.45, 7) is 3.71. The van der Waals surface area contributed by atoms with Crippen LogP contribution in [0.5, 0.6) is 0 Å². The lowest BCUT2D eigenvalue weighted by Gasteiger charge is -2.35. The normalized spacial score (nSPS) is 29.6. The van der Waals surface area contributed by atoms with Crippen LogP contribution in [0.3, 0.4) is 0 Å². The fourth-order valence-electron chi connectivity index (χ4n) is 7.83. The minimum atomic E-state index is -1.16. The van der Waals surface area contributed by atoms with Crippen LogP contribution in [-0.2, 0) is 27.2 Å². The van der Waals surface area contributed by atoms with Crippen molar-refractivity contribution in [3.63, 3.8) is 0 Å². The molecule has 6 heteroatoms. The number of carbonyl (C=O) groups excluding carboxylic acids is 3. The zero-order chi connectivity index (χ0) is 26.4. The molecule has 3 aromatic rings. The van der Waals surface area contributed by atoms with Gasteiger partial charge in [-0.3, -0.25) is 14.4 Å². The SMILES string of the molecule is C[C@]12C(=O)[C@](C)(C(c3ccccc3)=C1c1ccccc1)[C@H]1C(=O)N(c3sc4c(c3C#N)CCCC4)C(=O)[C@H]12. The van der Waals surface area contributed by atoms with E-state index >= 15 is 0 Å². The highest BCUT2D eigenvalue weighted by Crippen LogP contribution is 2.73. The number of anilines is 1. The highest BCUT2D eigenvalue weighted by molar-refractivity contribution is 7.17. The van der Waals surface area contributed by atoms with Crippen LogP contribution in [0.25, 0.3) is 11.1 Å². The van der Waals surface area contributed by atoms with Gasteiger partial charge in [0, 0.05) is 4.88 Å². The first-order chi connectivity index (χ1) is 18.3. The molecule has 1 aromatic heterocycles. The molecule has 188 valence electrons. The molecule has 4 aliphatic rings. The van der Waals surface area contributed by atoms with E-state index in [0.29, 0.717) is 10.6 Å². The number of Topliss-reactive ketones (excluding diaryl/α,β-unsaturated/α-hetero) is 1. The second-order valence-corrected chi connectivity index (χ2v) is 12.3. The summed E-state index contributed by atoms with van der Waals surface area (Å²) in [5.41, 5.74) is 2.61. The number of thiophene rings is 1. The Balaban J connectivity index is 1.46. The topological polar surface area (TPSA) is 78.2 Å². The number of benzene rings is 2. The Morgan fingerprint density at radius 1 is 0.816 bits per heavy atom.